The van der Waals surface area contributed by atoms with Crippen molar-refractivity contribution < 1.29 is 31.1 Å². The minimum Gasteiger partial charge on any atom is -0.490 e. The van der Waals surface area contributed by atoms with Crippen LogP contribution >= 0.6 is 0 Å². The molecule has 2 bridgehead atoms. The Hall–Kier alpha value is -2.47. The molecule has 2 aromatic carbocycles. The van der Waals surface area contributed by atoms with E-state index in [2.05, 4.69) is 11.0 Å². The first kappa shape index (κ1) is 26.1. The molecule has 3 aliphatic rings. The average Bonchev–Trinajstić information content (AvgIpc) is 3.08. The van der Waals surface area contributed by atoms with Crippen LogP contribution in [0.4, 0.5) is 26.3 Å². The highest BCUT2D eigenvalue weighted by Crippen LogP contribution is 2.45. The molecule has 1 saturated carbocycles. The first-order valence-corrected chi connectivity index (χ1v) is 13.0. The van der Waals surface area contributed by atoms with E-state index < -0.39 is 29.9 Å². The van der Waals surface area contributed by atoms with Gasteiger partial charge in [-0.15, -0.1) is 0 Å². The van der Waals surface area contributed by atoms with Crippen molar-refractivity contribution in [1.29, 1.82) is 5.26 Å². The third-order valence-corrected chi connectivity index (χ3v) is 8.53. The van der Waals surface area contributed by atoms with Gasteiger partial charge in [0.2, 0.25) is 0 Å². The number of nitrogens with zero attached hydrogens (tertiary/aromatic N) is 2. The molecule has 2 aromatic rings. The van der Waals surface area contributed by atoms with E-state index in [-0.39, 0.29) is 42.7 Å². The summed E-state index contributed by atoms with van der Waals surface area (Å²) >= 11 is 0. The lowest BCUT2D eigenvalue weighted by Crippen LogP contribution is -2.43. The lowest BCUT2D eigenvalue weighted by molar-refractivity contribution is -0.185. The van der Waals surface area contributed by atoms with Gasteiger partial charge in [0.15, 0.2) is 0 Å². The van der Waals surface area contributed by atoms with Crippen LogP contribution in [0, 0.1) is 23.2 Å². The minimum absolute atomic E-state index is 0.0534. The van der Waals surface area contributed by atoms with Crippen LogP contribution in [0.2, 0.25) is 0 Å². The Morgan fingerprint density at radius 1 is 0.865 bits per heavy atom. The van der Waals surface area contributed by atoms with E-state index in [0.717, 1.165) is 37.8 Å². The summed E-state index contributed by atoms with van der Waals surface area (Å²) in [7, 11) is 0. The Labute approximate surface area is 212 Å². The smallest absolute Gasteiger partial charge is 0.420 e. The molecule has 3 fully saturated rings. The normalized spacial score (nSPS) is 28.8. The Bertz CT molecular complexity index is 1150. The van der Waals surface area contributed by atoms with Gasteiger partial charge in [0.25, 0.3) is 0 Å². The van der Waals surface area contributed by atoms with Crippen molar-refractivity contribution in [3.63, 3.8) is 0 Å². The fraction of sp³-hybridized carbons (Fsp3) is 0.607. The quantitative estimate of drug-likeness (QED) is 0.377. The summed E-state index contributed by atoms with van der Waals surface area (Å²) in [5, 5.41) is 9.88. The number of fused-ring (bicyclic) bond motifs is 3. The Balaban J connectivity index is 1.36. The van der Waals surface area contributed by atoms with Crippen LogP contribution < -0.4 is 4.74 Å². The maximum Gasteiger partial charge on any atom is 0.420 e. The molecular weight excluding hydrogens is 494 g/mol. The molecular formula is C28H30F6N2O. The van der Waals surface area contributed by atoms with Crippen LogP contribution in [0.25, 0.3) is 10.8 Å². The molecule has 2 atom stereocenters. The molecule has 0 N–H and O–H groups in total. The third kappa shape index (κ3) is 5.41. The van der Waals surface area contributed by atoms with Crippen molar-refractivity contribution in [3.8, 4) is 11.8 Å². The van der Waals surface area contributed by atoms with Gasteiger partial charge in [-0.3, -0.25) is 4.90 Å². The molecule has 0 radical (unpaired) electrons. The first-order chi connectivity index (χ1) is 17.5. The Kier molecular flexibility index (Phi) is 7.08. The van der Waals surface area contributed by atoms with Crippen LogP contribution in [0.15, 0.2) is 30.3 Å². The predicted molar refractivity (Wildman–Crippen MR) is 127 cm³/mol. The van der Waals surface area contributed by atoms with E-state index in [1.54, 1.807) is 12.1 Å². The largest absolute Gasteiger partial charge is 0.490 e. The summed E-state index contributed by atoms with van der Waals surface area (Å²) in [4.78, 5) is 2.42. The van der Waals surface area contributed by atoms with Crippen LogP contribution in [0.1, 0.15) is 62.5 Å². The van der Waals surface area contributed by atoms with Gasteiger partial charge in [-0.2, -0.15) is 31.6 Å². The monoisotopic (exact) mass is 524 g/mol. The maximum absolute atomic E-state index is 14.3. The van der Waals surface area contributed by atoms with Gasteiger partial charge in [0.05, 0.1) is 18.1 Å². The molecule has 2 saturated heterocycles. The first-order valence-electron chi connectivity index (χ1n) is 13.0. The number of hydrogen-bond acceptors (Lipinski definition) is 3. The SMILES string of the molecule is N#CC1CC2CCC(C1)N2CCc1cccc2c(C(F)(F)F)c(OC3CCC(C(F)(F)F)CC3)ccc12. The predicted octanol–water partition coefficient (Wildman–Crippen LogP) is 7.67. The molecule has 3 nitrogen and oxygen atoms in total. The minimum atomic E-state index is -4.67. The number of alkyl halides is 6. The van der Waals surface area contributed by atoms with Gasteiger partial charge in [0.1, 0.15) is 11.3 Å². The van der Waals surface area contributed by atoms with Crippen LogP contribution in [-0.2, 0) is 12.6 Å². The summed E-state index contributed by atoms with van der Waals surface area (Å²) in [6.45, 7) is 0.731. The molecule has 2 heterocycles. The second kappa shape index (κ2) is 10.0. The number of benzene rings is 2. The molecule has 0 spiro atoms. The van der Waals surface area contributed by atoms with E-state index in [4.69, 9.17) is 4.74 Å². The topological polar surface area (TPSA) is 36.3 Å². The summed E-state index contributed by atoms with van der Waals surface area (Å²) in [6.07, 6.45) is -5.34. The second-order valence-electron chi connectivity index (χ2n) is 10.8. The van der Waals surface area contributed by atoms with Gasteiger partial charge in [-0.05, 0) is 80.2 Å². The van der Waals surface area contributed by atoms with Crippen LogP contribution in [0.3, 0.4) is 0 Å². The molecule has 1 aliphatic carbocycles. The molecule has 37 heavy (non-hydrogen) atoms. The van der Waals surface area contributed by atoms with Gasteiger partial charge in [-0.1, -0.05) is 24.3 Å². The van der Waals surface area contributed by atoms with E-state index >= 15 is 0 Å². The van der Waals surface area contributed by atoms with Crippen molar-refractivity contribution in [3.05, 3.63) is 41.5 Å². The summed E-state index contributed by atoms with van der Waals surface area (Å²) < 4.78 is 87.5. The molecule has 5 rings (SSSR count). The van der Waals surface area contributed by atoms with Gasteiger partial charge >= 0.3 is 12.4 Å². The summed E-state index contributed by atoms with van der Waals surface area (Å²) in [6, 6.07) is 11.0. The summed E-state index contributed by atoms with van der Waals surface area (Å²) in [5.74, 6) is -1.65. The summed E-state index contributed by atoms with van der Waals surface area (Å²) in [5.41, 5.74) is -0.0401. The zero-order valence-corrected chi connectivity index (χ0v) is 20.4. The van der Waals surface area contributed by atoms with E-state index in [9.17, 15) is 31.6 Å². The second-order valence-corrected chi connectivity index (χ2v) is 10.8. The number of ether oxygens (including phenoxy) is 1. The van der Waals surface area contributed by atoms with Crippen molar-refractivity contribution in [2.45, 2.75) is 88.3 Å². The highest BCUT2D eigenvalue weighted by Gasteiger charge is 2.43. The average molecular weight is 525 g/mol. The molecule has 200 valence electrons. The molecule has 0 aromatic heterocycles. The Morgan fingerprint density at radius 2 is 1.54 bits per heavy atom. The van der Waals surface area contributed by atoms with Crippen molar-refractivity contribution in [1.82, 2.24) is 4.90 Å². The Morgan fingerprint density at radius 3 is 2.14 bits per heavy atom. The number of piperidine rings is 1. The molecule has 9 heteroatoms. The number of hydrogen-bond donors (Lipinski definition) is 0. The highest BCUT2D eigenvalue weighted by molar-refractivity contribution is 5.91. The van der Waals surface area contributed by atoms with Gasteiger partial charge in [0, 0.05) is 24.5 Å². The number of halogens is 6. The fourth-order valence-electron chi connectivity index (χ4n) is 6.69. The van der Waals surface area contributed by atoms with Crippen molar-refractivity contribution >= 4 is 10.8 Å². The van der Waals surface area contributed by atoms with E-state index in [1.165, 1.54) is 12.1 Å². The lowest BCUT2D eigenvalue weighted by atomic mass is 9.87. The maximum atomic E-state index is 14.3. The van der Waals surface area contributed by atoms with Crippen LogP contribution in [-0.4, -0.2) is 35.8 Å². The van der Waals surface area contributed by atoms with E-state index in [0.29, 0.717) is 23.9 Å². The van der Waals surface area contributed by atoms with Crippen molar-refractivity contribution in [2.75, 3.05) is 6.54 Å². The lowest BCUT2D eigenvalue weighted by Gasteiger charge is -2.37. The molecule has 0 amide bonds. The fourth-order valence-corrected chi connectivity index (χ4v) is 6.69. The zero-order chi connectivity index (χ0) is 26.4. The number of nitriles is 1. The molecule has 2 aliphatic heterocycles. The van der Waals surface area contributed by atoms with E-state index in [1.807, 2.05) is 6.07 Å². The molecule has 2 unspecified atom stereocenters. The number of rotatable bonds is 5. The third-order valence-electron chi connectivity index (χ3n) is 8.53. The zero-order valence-electron chi connectivity index (χ0n) is 20.4. The van der Waals surface area contributed by atoms with Gasteiger partial charge in [-0.25, -0.2) is 0 Å². The highest BCUT2D eigenvalue weighted by atomic mass is 19.4. The standard InChI is InChI=1S/C28H30F6N2O/c29-27(30,31)19-4-8-22(9-5-19)37-25-11-10-23-18(2-1-3-24(23)26(25)28(32,33)34)12-13-36-20-6-7-21(36)15-17(14-20)16-35/h1-3,10-11,17,19-22H,4-9,12-15H2. The van der Waals surface area contributed by atoms with Crippen LogP contribution in [0.5, 0.6) is 5.75 Å². The van der Waals surface area contributed by atoms with Gasteiger partial charge < -0.3 is 4.74 Å². The van der Waals surface area contributed by atoms with Crippen molar-refractivity contribution in [2.24, 2.45) is 11.8 Å².